The van der Waals surface area contributed by atoms with Gasteiger partial charge in [-0.05, 0) is 36.4 Å². The molecule has 5 rings (SSSR count). The van der Waals surface area contributed by atoms with E-state index in [1.807, 2.05) is 18.2 Å². The van der Waals surface area contributed by atoms with Gasteiger partial charge in [-0.25, -0.2) is 12.8 Å². The number of piperazine rings is 1. The van der Waals surface area contributed by atoms with Crippen LogP contribution in [0.2, 0.25) is 0 Å². The molecule has 0 spiro atoms. The topological polar surface area (TPSA) is 79.0 Å². The first-order chi connectivity index (χ1) is 15.9. The van der Waals surface area contributed by atoms with Gasteiger partial charge in [0.15, 0.2) is 6.61 Å². The van der Waals surface area contributed by atoms with Crippen molar-refractivity contribution in [1.29, 1.82) is 0 Å². The lowest BCUT2D eigenvalue weighted by Gasteiger charge is -2.33. The summed E-state index contributed by atoms with van der Waals surface area (Å²) in [5.74, 6) is -0.0838. The van der Waals surface area contributed by atoms with E-state index < -0.39 is 10.0 Å². The van der Waals surface area contributed by atoms with Gasteiger partial charge in [0.1, 0.15) is 11.6 Å². The van der Waals surface area contributed by atoms with Crippen molar-refractivity contribution in [2.24, 2.45) is 0 Å². The normalized spacial score (nSPS) is 17.3. The number of halogens is 1. The van der Waals surface area contributed by atoms with Crippen LogP contribution in [0.4, 0.5) is 10.1 Å². The molecule has 3 aromatic rings. The number of nitrogens with one attached hydrogen (secondary N) is 1. The molecule has 0 bridgehead atoms. The molecule has 1 aromatic heterocycles. The van der Waals surface area contributed by atoms with E-state index in [1.165, 1.54) is 22.5 Å². The molecule has 2 aromatic carbocycles. The van der Waals surface area contributed by atoms with Crippen LogP contribution in [0.1, 0.15) is 4.88 Å². The SMILES string of the molecule is O=C1COc2ccc(S(=O)(=O)N3CCN(Cc4ccc(-c5ccccc5F)s4)CC3)cc2N1. The van der Waals surface area contributed by atoms with Crippen molar-refractivity contribution < 1.29 is 22.3 Å². The van der Waals surface area contributed by atoms with Gasteiger partial charge in [-0.1, -0.05) is 18.2 Å². The number of ether oxygens (including phenoxy) is 1. The van der Waals surface area contributed by atoms with E-state index >= 15 is 0 Å². The third-order valence-corrected chi connectivity index (χ3v) is 8.73. The van der Waals surface area contributed by atoms with Gasteiger partial charge < -0.3 is 10.1 Å². The standard InChI is InChI=1S/C23H22FN3O4S2/c24-19-4-2-1-3-18(19)22-8-5-16(32-22)14-26-9-11-27(12-10-26)33(29,30)17-6-7-21-20(13-17)25-23(28)15-31-21/h1-8,13H,9-12,14-15H2,(H,25,28). The average molecular weight is 488 g/mol. The number of thiophene rings is 1. The van der Waals surface area contributed by atoms with Crippen molar-refractivity contribution in [1.82, 2.24) is 9.21 Å². The van der Waals surface area contributed by atoms with Crippen molar-refractivity contribution in [3.63, 3.8) is 0 Å². The van der Waals surface area contributed by atoms with Crippen LogP contribution in [-0.4, -0.2) is 56.3 Å². The minimum atomic E-state index is -3.69. The van der Waals surface area contributed by atoms with E-state index in [2.05, 4.69) is 10.2 Å². The second-order valence-corrected chi connectivity index (χ2v) is 11.0. The number of fused-ring (bicyclic) bond motifs is 1. The Balaban J connectivity index is 1.23. The quantitative estimate of drug-likeness (QED) is 0.597. The Hall–Kier alpha value is -2.79. The zero-order valence-electron chi connectivity index (χ0n) is 17.7. The van der Waals surface area contributed by atoms with Crippen LogP contribution in [0.15, 0.2) is 59.5 Å². The van der Waals surface area contributed by atoms with E-state index in [4.69, 9.17) is 4.74 Å². The Labute approximate surface area is 195 Å². The summed E-state index contributed by atoms with van der Waals surface area (Å²) < 4.78 is 47.1. The number of sulfonamides is 1. The molecule has 3 heterocycles. The second kappa shape index (κ2) is 8.86. The fourth-order valence-corrected chi connectivity index (χ4v) is 6.52. The molecule has 1 fully saturated rings. The highest BCUT2D eigenvalue weighted by molar-refractivity contribution is 7.89. The maximum atomic E-state index is 14.1. The van der Waals surface area contributed by atoms with E-state index in [-0.39, 0.29) is 23.2 Å². The molecule has 0 radical (unpaired) electrons. The highest BCUT2D eigenvalue weighted by atomic mass is 32.2. The van der Waals surface area contributed by atoms with Gasteiger partial charge in [-0.3, -0.25) is 9.69 Å². The maximum absolute atomic E-state index is 14.1. The minimum Gasteiger partial charge on any atom is -0.482 e. The van der Waals surface area contributed by atoms with Gasteiger partial charge in [0.2, 0.25) is 10.0 Å². The molecule has 33 heavy (non-hydrogen) atoms. The Morgan fingerprint density at radius 3 is 2.61 bits per heavy atom. The zero-order chi connectivity index (χ0) is 23.0. The number of carbonyl (C=O) groups is 1. The van der Waals surface area contributed by atoms with Crippen LogP contribution in [0.5, 0.6) is 5.75 Å². The number of amides is 1. The number of benzene rings is 2. The van der Waals surface area contributed by atoms with Gasteiger partial charge in [0.05, 0.1) is 10.6 Å². The molecule has 10 heteroatoms. The van der Waals surface area contributed by atoms with Crippen LogP contribution in [0.3, 0.4) is 0 Å². The third-order valence-electron chi connectivity index (χ3n) is 5.73. The summed E-state index contributed by atoms with van der Waals surface area (Å²) >= 11 is 1.55. The molecule has 1 N–H and O–H groups in total. The molecule has 1 saturated heterocycles. The number of hydrogen-bond acceptors (Lipinski definition) is 6. The summed E-state index contributed by atoms with van der Waals surface area (Å²) in [6, 6.07) is 15.2. The van der Waals surface area contributed by atoms with Crippen LogP contribution >= 0.6 is 11.3 Å². The lowest BCUT2D eigenvalue weighted by molar-refractivity contribution is -0.118. The minimum absolute atomic E-state index is 0.0763. The summed E-state index contributed by atoms with van der Waals surface area (Å²) in [6.45, 7) is 2.54. The first-order valence-electron chi connectivity index (χ1n) is 10.5. The van der Waals surface area contributed by atoms with Crippen LogP contribution < -0.4 is 10.1 Å². The van der Waals surface area contributed by atoms with Crippen molar-refractivity contribution in [3.05, 3.63) is 65.3 Å². The number of carbonyl (C=O) groups excluding carboxylic acids is 1. The Bertz CT molecular complexity index is 1300. The number of nitrogens with zero attached hydrogens (tertiary/aromatic N) is 2. The summed E-state index contributed by atoms with van der Waals surface area (Å²) in [6.07, 6.45) is 0. The highest BCUT2D eigenvalue weighted by Crippen LogP contribution is 2.33. The molecule has 172 valence electrons. The number of anilines is 1. The molecule has 0 saturated carbocycles. The Morgan fingerprint density at radius 1 is 1.03 bits per heavy atom. The fraction of sp³-hybridized carbons (Fsp3) is 0.261. The Morgan fingerprint density at radius 2 is 1.82 bits per heavy atom. The lowest BCUT2D eigenvalue weighted by atomic mass is 10.2. The fourth-order valence-electron chi connectivity index (χ4n) is 3.99. The molecule has 0 atom stereocenters. The molecular formula is C23H22FN3O4S2. The van der Waals surface area contributed by atoms with Crippen molar-refractivity contribution in [3.8, 4) is 16.2 Å². The summed E-state index contributed by atoms with van der Waals surface area (Å²) in [7, 11) is -3.69. The van der Waals surface area contributed by atoms with Crippen molar-refractivity contribution >= 4 is 33.0 Å². The second-order valence-electron chi connectivity index (χ2n) is 7.92. The molecule has 7 nitrogen and oxygen atoms in total. The molecule has 2 aliphatic heterocycles. The molecule has 1 amide bonds. The molecular weight excluding hydrogens is 465 g/mol. The predicted molar refractivity (Wildman–Crippen MR) is 124 cm³/mol. The van der Waals surface area contributed by atoms with Crippen LogP contribution in [0.25, 0.3) is 10.4 Å². The first-order valence-corrected chi connectivity index (χ1v) is 12.8. The van der Waals surface area contributed by atoms with Crippen molar-refractivity contribution in [2.45, 2.75) is 11.4 Å². The van der Waals surface area contributed by atoms with E-state index in [0.29, 0.717) is 49.7 Å². The van der Waals surface area contributed by atoms with Gasteiger partial charge in [-0.15, -0.1) is 11.3 Å². The highest BCUT2D eigenvalue weighted by Gasteiger charge is 2.30. The van der Waals surface area contributed by atoms with Gasteiger partial charge >= 0.3 is 0 Å². The summed E-state index contributed by atoms with van der Waals surface area (Å²) in [5, 5.41) is 2.65. The predicted octanol–water partition coefficient (Wildman–Crippen LogP) is 3.39. The van der Waals surface area contributed by atoms with Crippen LogP contribution in [0, 0.1) is 5.82 Å². The first kappa shape index (κ1) is 22.0. The van der Waals surface area contributed by atoms with Crippen LogP contribution in [-0.2, 0) is 21.4 Å². The zero-order valence-corrected chi connectivity index (χ0v) is 19.3. The molecule has 0 aliphatic carbocycles. The van der Waals surface area contributed by atoms with Gasteiger partial charge in [-0.2, -0.15) is 4.31 Å². The van der Waals surface area contributed by atoms with Gasteiger partial charge in [0, 0.05) is 48.0 Å². The number of rotatable bonds is 5. The van der Waals surface area contributed by atoms with E-state index in [0.717, 1.165) is 9.75 Å². The third kappa shape index (κ3) is 4.51. The van der Waals surface area contributed by atoms with E-state index in [1.54, 1.807) is 29.5 Å². The largest absolute Gasteiger partial charge is 0.482 e. The summed E-state index contributed by atoms with van der Waals surface area (Å²) in [5.41, 5.74) is 0.964. The van der Waals surface area contributed by atoms with Gasteiger partial charge in [0.25, 0.3) is 5.91 Å². The smallest absolute Gasteiger partial charge is 0.262 e. The number of hydrogen-bond donors (Lipinski definition) is 1. The Kier molecular flexibility index (Phi) is 5.92. The monoisotopic (exact) mass is 487 g/mol. The molecule has 0 unspecified atom stereocenters. The molecule has 2 aliphatic rings. The van der Waals surface area contributed by atoms with E-state index in [9.17, 15) is 17.6 Å². The van der Waals surface area contributed by atoms with Crippen molar-refractivity contribution in [2.75, 3.05) is 38.1 Å². The maximum Gasteiger partial charge on any atom is 0.262 e. The lowest BCUT2D eigenvalue weighted by Crippen LogP contribution is -2.48. The summed E-state index contributed by atoms with van der Waals surface area (Å²) in [4.78, 5) is 15.9. The average Bonchev–Trinajstić information content (AvgIpc) is 3.27.